The van der Waals surface area contributed by atoms with E-state index in [-0.39, 0.29) is 11.8 Å². The van der Waals surface area contributed by atoms with Crippen molar-refractivity contribution in [1.29, 1.82) is 0 Å². The number of nitrogens with zero attached hydrogens (tertiary/aromatic N) is 2. The van der Waals surface area contributed by atoms with Gasteiger partial charge in [-0.2, -0.15) is 0 Å². The molecule has 3 rings (SSSR count). The summed E-state index contributed by atoms with van der Waals surface area (Å²) < 4.78 is 0. The molecule has 0 radical (unpaired) electrons. The first kappa shape index (κ1) is 16.5. The lowest BCUT2D eigenvalue weighted by Crippen LogP contribution is -2.29. The molecule has 0 saturated carbocycles. The number of pyridine rings is 1. The Kier molecular flexibility index (Phi) is 5.47. The second-order valence-electron chi connectivity index (χ2n) is 6.31. The molecule has 0 spiro atoms. The van der Waals surface area contributed by atoms with E-state index in [1.807, 2.05) is 42.6 Å². The predicted molar refractivity (Wildman–Crippen MR) is 97.0 cm³/mol. The normalized spacial score (nSPS) is 15.3. The highest BCUT2D eigenvalue weighted by Crippen LogP contribution is 2.20. The molecular formula is C20H25N3O. The largest absolute Gasteiger partial charge is 0.357 e. The summed E-state index contributed by atoms with van der Waals surface area (Å²) >= 11 is 0. The van der Waals surface area contributed by atoms with Gasteiger partial charge in [-0.3, -0.25) is 4.79 Å². The Morgan fingerprint density at radius 3 is 2.67 bits per heavy atom. The molecule has 1 N–H and O–H groups in total. The number of carbonyl (C=O) groups excluding carboxylic acids is 1. The summed E-state index contributed by atoms with van der Waals surface area (Å²) in [7, 11) is 0. The molecule has 2 aromatic rings. The van der Waals surface area contributed by atoms with Crippen LogP contribution in [0.5, 0.6) is 0 Å². The summed E-state index contributed by atoms with van der Waals surface area (Å²) in [5.74, 6) is 1.02. The average molecular weight is 323 g/mol. The number of hydrogen-bond acceptors (Lipinski definition) is 3. The standard InChI is InChI=1S/C20H25N3O/c1-2-18(17-8-4-3-5-9-17)20(24)22-15-16-10-11-21-19(14-16)23-12-6-7-13-23/h3-5,8-11,14,18H,2,6-7,12-13,15H2,1H3,(H,22,24)/t18-/m1/s1. The van der Waals surface area contributed by atoms with Gasteiger partial charge >= 0.3 is 0 Å². The lowest BCUT2D eigenvalue weighted by molar-refractivity contribution is -0.122. The highest BCUT2D eigenvalue weighted by molar-refractivity contribution is 5.83. The van der Waals surface area contributed by atoms with Crippen LogP contribution in [0.1, 0.15) is 43.2 Å². The zero-order valence-electron chi connectivity index (χ0n) is 14.2. The third-order valence-electron chi connectivity index (χ3n) is 4.63. The van der Waals surface area contributed by atoms with Crippen molar-refractivity contribution < 1.29 is 4.79 Å². The van der Waals surface area contributed by atoms with E-state index in [0.29, 0.717) is 6.54 Å². The second-order valence-corrected chi connectivity index (χ2v) is 6.31. The van der Waals surface area contributed by atoms with Crippen molar-refractivity contribution in [3.8, 4) is 0 Å². The number of benzene rings is 1. The van der Waals surface area contributed by atoms with Gasteiger partial charge in [0.15, 0.2) is 0 Å². The summed E-state index contributed by atoms with van der Waals surface area (Å²) in [5.41, 5.74) is 2.17. The first-order valence-electron chi connectivity index (χ1n) is 8.80. The predicted octanol–water partition coefficient (Wildman–Crippen LogP) is 3.49. The SMILES string of the molecule is CC[C@@H](C(=O)NCc1ccnc(N2CCCC2)c1)c1ccccc1. The molecular weight excluding hydrogens is 298 g/mol. The van der Waals surface area contributed by atoms with Gasteiger partial charge in [0, 0.05) is 25.8 Å². The zero-order valence-corrected chi connectivity index (χ0v) is 14.2. The van der Waals surface area contributed by atoms with Crippen molar-refractivity contribution in [3.05, 3.63) is 59.8 Å². The monoisotopic (exact) mass is 323 g/mol. The van der Waals surface area contributed by atoms with E-state index in [1.54, 1.807) is 0 Å². The molecule has 0 bridgehead atoms. The maximum absolute atomic E-state index is 12.6. The number of hydrogen-bond donors (Lipinski definition) is 1. The van der Waals surface area contributed by atoms with Gasteiger partial charge in [-0.1, -0.05) is 37.3 Å². The van der Waals surface area contributed by atoms with Crippen molar-refractivity contribution in [2.24, 2.45) is 0 Å². The minimum Gasteiger partial charge on any atom is -0.357 e. The summed E-state index contributed by atoms with van der Waals surface area (Å²) in [6, 6.07) is 14.0. The van der Waals surface area contributed by atoms with E-state index < -0.39 is 0 Å². The van der Waals surface area contributed by atoms with Crippen LogP contribution in [0.3, 0.4) is 0 Å². The van der Waals surface area contributed by atoms with Gasteiger partial charge in [0.05, 0.1) is 5.92 Å². The Hall–Kier alpha value is -2.36. The molecule has 1 saturated heterocycles. The van der Waals surface area contributed by atoms with E-state index in [2.05, 4.69) is 28.2 Å². The summed E-state index contributed by atoms with van der Waals surface area (Å²) in [6.07, 6.45) is 5.10. The Bertz CT molecular complexity index is 666. The molecule has 0 unspecified atom stereocenters. The van der Waals surface area contributed by atoms with Crippen molar-refractivity contribution in [2.75, 3.05) is 18.0 Å². The smallest absolute Gasteiger partial charge is 0.227 e. The Balaban J connectivity index is 1.62. The lowest BCUT2D eigenvalue weighted by Gasteiger charge is -2.18. The molecule has 24 heavy (non-hydrogen) atoms. The molecule has 1 aromatic heterocycles. The quantitative estimate of drug-likeness (QED) is 0.885. The molecule has 1 amide bonds. The molecule has 4 nitrogen and oxygen atoms in total. The molecule has 126 valence electrons. The van der Waals surface area contributed by atoms with Crippen molar-refractivity contribution in [1.82, 2.24) is 10.3 Å². The van der Waals surface area contributed by atoms with E-state index in [0.717, 1.165) is 36.5 Å². The van der Waals surface area contributed by atoms with Gasteiger partial charge in [-0.25, -0.2) is 4.98 Å². The molecule has 4 heteroatoms. The van der Waals surface area contributed by atoms with Crippen molar-refractivity contribution in [2.45, 2.75) is 38.6 Å². The molecule has 1 aliphatic heterocycles. The number of aromatic nitrogens is 1. The number of anilines is 1. The highest BCUT2D eigenvalue weighted by atomic mass is 16.1. The topological polar surface area (TPSA) is 45.2 Å². The van der Waals surface area contributed by atoms with E-state index in [9.17, 15) is 4.79 Å². The fraction of sp³-hybridized carbons (Fsp3) is 0.400. The van der Waals surface area contributed by atoms with E-state index >= 15 is 0 Å². The van der Waals surface area contributed by atoms with Crippen LogP contribution in [0.15, 0.2) is 48.7 Å². The van der Waals surface area contributed by atoms with Crippen LogP contribution < -0.4 is 10.2 Å². The minimum absolute atomic E-state index is 0.0863. The fourth-order valence-electron chi connectivity index (χ4n) is 3.26. The molecule has 1 aromatic carbocycles. The summed E-state index contributed by atoms with van der Waals surface area (Å²) in [6.45, 7) is 4.75. The van der Waals surface area contributed by atoms with Crippen molar-refractivity contribution >= 4 is 11.7 Å². The zero-order chi connectivity index (χ0) is 16.8. The second kappa shape index (κ2) is 7.95. The van der Waals surface area contributed by atoms with Gasteiger partial charge in [0.1, 0.15) is 5.82 Å². The van der Waals surface area contributed by atoms with Crippen molar-refractivity contribution in [3.63, 3.8) is 0 Å². The summed E-state index contributed by atoms with van der Waals surface area (Å²) in [5, 5.41) is 3.08. The van der Waals surface area contributed by atoms with Gasteiger partial charge in [0.25, 0.3) is 0 Å². The summed E-state index contributed by atoms with van der Waals surface area (Å²) in [4.78, 5) is 19.3. The Morgan fingerprint density at radius 2 is 1.96 bits per heavy atom. The fourth-order valence-corrected chi connectivity index (χ4v) is 3.26. The van der Waals surface area contributed by atoms with Crippen LogP contribution in [0.4, 0.5) is 5.82 Å². The van der Waals surface area contributed by atoms with Crippen LogP contribution in [-0.2, 0) is 11.3 Å². The highest BCUT2D eigenvalue weighted by Gasteiger charge is 2.18. The van der Waals surface area contributed by atoms with E-state index in [4.69, 9.17) is 0 Å². The number of amides is 1. The lowest BCUT2D eigenvalue weighted by atomic mass is 9.95. The Morgan fingerprint density at radius 1 is 1.21 bits per heavy atom. The van der Waals surface area contributed by atoms with Crippen LogP contribution in [0.2, 0.25) is 0 Å². The number of nitrogens with one attached hydrogen (secondary N) is 1. The van der Waals surface area contributed by atoms with Crippen LogP contribution in [-0.4, -0.2) is 24.0 Å². The molecule has 1 fully saturated rings. The first-order valence-corrected chi connectivity index (χ1v) is 8.80. The third-order valence-corrected chi connectivity index (χ3v) is 4.63. The molecule has 1 atom stereocenters. The molecule has 2 heterocycles. The molecule has 1 aliphatic rings. The van der Waals surface area contributed by atoms with Gasteiger partial charge < -0.3 is 10.2 Å². The average Bonchev–Trinajstić information content (AvgIpc) is 3.16. The van der Waals surface area contributed by atoms with Crippen LogP contribution in [0.25, 0.3) is 0 Å². The van der Waals surface area contributed by atoms with Crippen LogP contribution in [0, 0.1) is 0 Å². The molecule has 0 aliphatic carbocycles. The maximum atomic E-state index is 12.6. The van der Waals surface area contributed by atoms with Gasteiger partial charge in [-0.15, -0.1) is 0 Å². The number of carbonyl (C=O) groups is 1. The first-order chi connectivity index (χ1) is 11.8. The minimum atomic E-state index is -0.0916. The Labute approximate surface area is 143 Å². The van der Waals surface area contributed by atoms with Crippen LogP contribution >= 0.6 is 0 Å². The van der Waals surface area contributed by atoms with Gasteiger partial charge in [-0.05, 0) is 42.5 Å². The van der Waals surface area contributed by atoms with Gasteiger partial charge in [0.2, 0.25) is 5.91 Å². The maximum Gasteiger partial charge on any atom is 0.227 e. The van der Waals surface area contributed by atoms with E-state index in [1.165, 1.54) is 12.8 Å². The third kappa shape index (κ3) is 3.94. The number of rotatable bonds is 6.